The first-order valence-corrected chi connectivity index (χ1v) is 9.97. The number of carboxylic acid groups (broad SMARTS) is 1. The summed E-state index contributed by atoms with van der Waals surface area (Å²) >= 11 is 2.65. The minimum absolute atomic E-state index is 0.0294. The van der Waals surface area contributed by atoms with E-state index in [4.69, 9.17) is 5.73 Å². The number of nitrogen functional groups attached to an aromatic ring is 1. The topological polar surface area (TPSA) is 126 Å². The van der Waals surface area contributed by atoms with Crippen LogP contribution in [0.3, 0.4) is 0 Å². The number of β-lactam (4-membered cyclic amide) rings is 1. The molecule has 1 fully saturated rings. The third-order valence-corrected chi connectivity index (χ3v) is 5.89. The van der Waals surface area contributed by atoms with Gasteiger partial charge in [0, 0.05) is 11.1 Å². The predicted molar refractivity (Wildman–Crippen MR) is 100 cm³/mol. The Kier molecular flexibility index (Phi) is 5.33. The zero-order chi connectivity index (χ0) is 18.8. The van der Waals surface area contributed by atoms with E-state index in [2.05, 4.69) is 10.3 Å². The van der Waals surface area contributed by atoms with E-state index >= 15 is 0 Å². The molecule has 0 bridgehead atoms. The van der Waals surface area contributed by atoms with Crippen molar-refractivity contribution in [3.63, 3.8) is 0 Å². The zero-order valence-electron chi connectivity index (χ0n) is 14.0. The number of anilines is 1. The van der Waals surface area contributed by atoms with Gasteiger partial charge in [0.15, 0.2) is 5.13 Å². The third kappa shape index (κ3) is 3.34. The average Bonchev–Trinajstić information content (AvgIpc) is 3.05. The smallest absolute Gasteiger partial charge is 0.352 e. The number of nitrogens with zero attached hydrogens (tertiary/aromatic N) is 2. The monoisotopic (exact) mass is 394 g/mol. The minimum Gasteiger partial charge on any atom is -0.477 e. The molecule has 2 aliphatic heterocycles. The van der Waals surface area contributed by atoms with Crippen LogP contribution in [0.5, 0.6) is 0 Å². The Hall–Kier alpha value is -2.33. The van der Waals surface area contributed by atoms with Crippen molar-refractivity contribution in [2.75, 3.05) is 11.5 Å². The van der Waals surface area contributed by atoms with Crippen LogP contribution >= 0.6 is 23.1 Å². The number of fused-ring (bicyclic) bond motifs is 1. The quantitative estimate of drug-likeness (QED) is 0.490. The predicted octanol–water partition coefficient (Wildman–Crippen LogP) is 1.28. The summed E-state index contributed by atoms with van der Waals surface area (Å²) in [4.78, 5) is 41.7. The fourth-order valence-electron chi connectivity index (χ4n) is 2.77. The third-order valence-electron chi connectivity index (χ3n) is 4.03. The van der Waals surface area contributed by atoms with Crippen LogP contribution < -0.4 is 11.1 Å². The van der Waals surface area contributed by atoms with Gasteiger partial charge in [-0.1, -0.05) is 19.4 Å². The van der Waals surface area contributed by atoms with Gasteiger partial charge in [-0.2, -0.15) is 0 Å². The number of nitrogens with one attached hydrogen (secondary N) is 1. The highest BCUT2D eigenvalue weighted by Crippen LogP contribution is 2.37. The van der Waals surface area contributed by atoms with E-state index in [1.807, 2.05) is 6.92 Å². The summed E-state index contributed by atoms with van der Waals surface area (Å²) in [6.45, 7) is 1.99. The number of thiazole rings is 1. The molecule has 0 spiro atoms. The maximum Gasteiger partial charge on any atom is 0.352 e. The van der Waals surface area contributed by atoms with Crippen molar-refractivity contribution in [2.45, 2.75) is 31.2 Å². The molecule has 1 aromatic rings. The van der Waals surface area contributed by atoms with Gasteiger partial charge >= 0.3 is 5.97 Å². The van der Waals surface area contributed by atoms with Crippen molar-refractivity contribution in [2.24, 2.45) is 0 Å². The maximum atomic E-state index is 12.7. The molecule has 0 radical (unpaired) electrons. The van der Waals surface area contributed by atoms with Gasteiger partial charge in [-0.05, 0) is 12.5 Å². The van der Waals surface area contributed by atoms with Gasteiger partial charge < -0.3 is 16.2 Å². The van der Waals surface area contributed by atoms with Crippen molar-refractivity contribution in [3.05, 3.63) is 28.9 Å². The molecule has 2 unspecified atom stereocenters. The Morgan fingerprint density at radius 2 is 2.31 bits per heavy atom. The van der Waals surface area contributed by atoms with Gasteiger partial charge in [0.2, 0.25) is 0 Å². The number of hydrogen-bond acceptors (Lipinski definition) is 7. The molecule has 2 aliphatic rings. The summed E-state index contributed by atoms with van der Waals surface area (Å²) in [6.07, 6.45) is 4.83. The molecule has 2 atom stereocenters. The Morgan fingerprint density at radius 1 is 1.54 bits per heavy atom. The molecule has 1 aromatic heterocycles. The van der Waals surface area contributed by atoms with Crippen LogP contribution in [0.15, 0.2) is 23.2 Å². The lowest BCUT2D eigenvalue weighted by atomic mass is 10.0. The Bertz CT molecular complexity index is 817. The zero-order valence-corrected chi connectivity index (χ0v) is 15.6. The lowest BCUT2D eigenvalue weighted by Crippen LogP contribution is -2.70. The van der Waals surface area contributed by atoms with Gasteiger partial charge in [-0.25, -0.2) is 9.78 Å². The van der Waals surface area contributed by atoms with Gasteiger partial charge in [-0.15, -0.1) is 23.1 Å². The number of allylic oxidation sites excluding steroid dienone is 1. The van der Waals surface area contributed by atoms with Gasteiger partial charge in [0.25, 0.3) is 11.8 Å². The van der Waals surface area contributed by atoms with Crippen LogP contribution in [0.4, 0.5) is 5.13 Å². The Labute approximate surface area is 158 Å². The van der Waals surface area contributed by atoms with Crippen molar-refractivity contribution in [1.82, 2.24) is 15.2 Å². The standard InChI is InChI=1S/C16H18N4O4S2/c1-2-3-4-8(9-7-26-16(17)18-9)12(21)19-11-13(22)20-10(15(23)24)5-6-25-14(11)20/h4-5,7,11,14H,2-3,6H2,1H3,(H2,17,18)(H,19,21)(H,23,24)/b8-4-. The van der Waals surface area contributed by atoms with Crippen LogP contribution in [0.2, 0.25) is 0 Å². The number of hydrogen-bond donors (Lipinski definition) is 3. The first kappa shape index (κ1) is 18.5. The van der Waals surface area contributed by atoms with Crippen LogP contribution in [-0.2, 0) is 14.4 Å². The summed E-state index contributed by atoms with van der Waals surface area (Å²) in [5, 5.41) is 13.6. The van der Waals surface area contributed by atoms with E-state index < -0.39 is 29.2 Å². The molecular formula is C16H18N4O4S2. The molecule has 10 heteroatoms. The summed E-state index contributed by atoms with van der Waals surface area (Å²) < 4.78 is 0. The average molecular weight is 394 g/mol. The molecule has 3 heterocycles. The van der Waals surface area contributed by atoms with Crippen LogP contribution in [0, 0.1) is 0 Å². The van der Waals surface area contributed by atoms with E-state index in [1.165, 1.54) is 34.1 Å². The van der Waals surface area contributed by atoms with E-state index in [0.29, 0.717) is 28.6 Å². The van der Waals surface area contributed by atoms with E-state index in [-0.39, 0.29) is 5.70 Å². The van der Waals surface area contributed by atoms with Crippen molar-refractivity contribution < 1.29 is 19.5 Å². The molecule has 0 aliphatic carbocycles. The number of unbranched alkanes of at least 4 members (excludes halogenated alkanes) is 1. The number of aliphatic carboxylic acids is 1. The maximum absolute atomic E-state index is 12.7. The molecule has 8 nitrogen and oxygen atoms in total. The van der Waals surface area contributed by atoms with Crippen LogP contribution in [0.1, 0.15) is 25.5 Å². The number of nitrogens with two attached hydrogens (primary N) is 1. The van der Waals surface area contributed by atoms with Gasteiger partial charge in [-0.3, -0.25) is 14.5 Å². The van der Waals surface area contributed by atoms with Crippen molar-refractivity contribution in [3.8, 4) is 0 Å². The lowest BCUT2D eigenvalue weighted by molar-refractivity contribution is -0.150. The highest BCUT2D eigenvalue weighted by atomic mass is 32.2. The van der Waals surface area contributed by atoms with Crippen LogP contribution in [-0.4, -0.2) is 49.9 Å². The molecule has 26 heavy (non-hydrogen) atoms. The summed E-state index contributed by atoms with van der Waals surface area (Å²) in [7, 11) is 0. The second kappa shape index (κ2) is 7.50. The van der Waals surface area contributed by atoms with E-state index in [0.717, 1.165) is 6.42 Å². The highest BCUT2D eigenvalue weighted by Gasteiger charge is 2.52. The van der Waals surface area contributed by atoms with Gasteiger partial charge in [0.1, 0.15) is 17.1 Å². The largest absolute Gasteiger partial charge is 0.477 e. The van der Waals surface area contributed by atoms with Crippen molar-refractivity contribution in [1.29, 1.82) is 0 Å². The number of amides is 2. The Balaban J connectivity index is 1.76. The normalized spacial score (nSPS) is 22.3. The number of carboxylic acids is 1. The minimum atomic E-state index is -1.14. The molecule has 2 amide bonds. The molecule has 0 aromatic carbocycles. The molecule has 0 saturated carbocycles. The summed E-state index contributed by atoms with van der Waals surface area (Å²) in [6, 6.07) is -0.753. The fraction of sp³-hybridized carbons (Fsp3) is 0.375. The first-order valence-electron chi connectivity index (χ1n) is 8.04. The van der Waals surface area contributed by atoms with E-state index in [1.54, 1.807) is 11.5 Å². The molecular weight excluding hydrogens is 376 g/mol. The second-order valence-electron chi connectivity index (χ2n) is 5.76. The number of aromatic nitrogens is 1. The Morgan fingerprint density at radius 3 is 2.92 bits per heavy atom. The molecule has 4 N–H and O–H groups in total. The highest BCUT2D eigenvalue weighted by molar-refractivity contribution is 8.00. The molecule has 1 saturated heterocycles. The van der Waals surface area contributed by atoms with E-state index in [9.17, 15) is 19.5 Å². The number of carbonyl (C=O) groups excluding carboxylic acids is 2. The lowest BCUT2D eigenvalue weighted by Gasteiger charge is -2.48. The SMILES string of the molecule is CCC/C=C(\C(=O)NC1C(=O)N2C(C(=O)O)=CCSC12)c1csc(N)n1. The second-order valence-corrected chi connectivity index (χ2v) is 7.79. The van der Waals surface area contributed by atoms with Crippen molar-refractivity contribution >= 4 is 51.6 Å². The van der Waals surface area contributed by atoms with Gasteiger partial charge in [0.05, 0.1) is 11.3 Å². The summed E-state index contributed by atoms with van der Waals surface area (Å²) in [5.74, 6) is -1.50. The van der Waals surface area contributed by atoms with Crippen LogP contribution in [0.25, 0.3) is 5.57 Å². The first-order chi connectivity index (χ1) is 12.4. The molecule has 3 rings (SSSR count). The number of thioether (sulfide) groups is 1. The number of rotatable bonds is 6. The summed E-state index contributed by atoms with van der Waals surface area (Å²) in [5.41, 5.74) is 6.48. The molecule has 138 valence electrons. The fourth-order valence-corrected chi connectivity index (χ4v) is 4.53. The number of carbonyl (C=O) groups is 3.